The van der Waals surface area contributed by atoms with Crippen molar-refractivity contribution in [2.45, 2.75) is 31.9 Å². The largest absolute Gasteiger partial charge is 0.360 e. The van der Waals surface area contributed by atoms with Crippen LogP contribution in [0.1, 0.15) is 30.9 Å². The number of halogens is 1. The van der Waals surface area contributed by atoms with Gasteiger partial charge in [0.2, 0.25) is 5.91 Å². The molecule has 4 N–H and O–H groups in total. The number of aryl methyl sites for hydroxylation is 1. The molecule has 1 aromatic rings. The lowest BCUT2D eigenvalue weighted by molar-refractivity contribution is -0.121. The molecular weight excluding hydrogens is 308 g/mol. The van der Waals surface area contributed by atoms with E-state index in [1.54, 1.807) is 6.92 Å². The van der Waals surface area contributed by atoms with Gasteiger partial charge in [0.25, 0.3) is 0 Å². The van der Waals surface area contributed by atoms with Gasteiger partial charge in [-0.1, -0.05) is 24.3 Å². The summed E-state index contributed by atoms with van der Waals surface area (Å²) in [5, 5.41) is 12.4. The summed E-state index contributed by atoms with van der Waals surface area (Å²) in [5.41, 5.74) is 7.72. The summed E-state index contributed by atoms with van der Waals surface area (Å²) >= 11 is 0.937. The smallest absolute Gasteiger partial charge is 0.220 e. The maximum Gasteiger partial charge on any atom is 0.220 e. The molecule has 0 radical (unpaired) electrons. The minimum absolute atomic E-state index is 0. The van der Waals surface area contributed by atoms with Crippen molar-refractivity contribution in [3.05, 3.63) is 35.4 Å². The molecule has 1 amide bonds. The monoisotopic (exact) mass is 332 g/mol. The Morgan fingerprint density at radius 2 is 1.90 bits per heavy atom. The fraction of sp³-hybridized carbons (Fsp3) is 0.467. The molecule has 0 aliphatic heterocycles. The Hall–Kier alpha value is -0.880. The summed E-state index contributed by atoms with van der Waals surface area (Å²) < 4.78 is 0. The van der Waals surface area contributed by atoms with E-state index in [4.69, 9.17) is 10.8 Å². The lowest BCUT2D eigenvalue weighted by atomic mass is 10.1. The Morgan fingerprint density at radius 3 is 2.48 bits per heavy atom. The van der Waals surface area contributed by atoms with E-state index < -0.39 is 0 Å². The molecule has 0 saturated heterocycles. The van der Waals surface area contributed by atoms with E-state index in [0.29, 0.717) is 24.6 Å². The Kier molecular flexibility index (Phi) is 11.3. The first-order valence-corrected chi connectivity index (χ1v) is 7.94. The molecule has 120 valence electrons. The van der Waals surface area contributed by atoms with Gasteiger partial charge < -0.3 is 16.2 Å². The van der Waals surface area contributed by atoms with Gasteiger partial charge in [-0.25, -0.2) is 0 Å². The summed E-state index contributed by atoms with van der Waals surface area (Å²) in [6.45, 7) is 2.97. The van der Waals surface area contributed by atoms with Crippen molar-refractivity contribution in [2.75, 3.05) is 13.1 Å². The number of hydrogen-bond acceptors (Lipinski definition) is 2. The van der Waals surface area contributed by atoms with Crippen LogP contribution in [0.25, 0.3) is 0 Å². The average molecular weight is 333 g/mol. The average Bonchev–Trinajstić information content (AvgIpc) is 2.44. The predicted octanol–water partition coefficient (Wildman–Crippen LogP) is 2.18. The van der Waals surface area contributed by atoms with Crippen LogP contribution >= 0.6 is 23.8 Å². The van der Waals surface area contributed by atoms with E-state index in [1.165, 1.54) is 5.56 Å². The third-order valence-corrected chi connectivity index (χ3v) is 3.84. The van der Waals surface area contributed by atoms with Crippen LogP contribution < -0.4 is 11.1 Å². The van der Waals surface area contributed by atoms with E-state index >= 15 is 0 Å². The lowest BCUT2D eigenvalue weighted by Crippen LogP contribution is -2.26. The van der Waals surface area contributed by atoms with Crippen molar-refractivity contribution < 1.29 is 9.90 Å². The van der Waals surface area contributed by atoms with Crippen LogP contribution in [0.5, 0.6) is 0 Å². The lowest BCUT2D eigenvalue weighted by Gasteiger charge is -2.05. The molecule has 0 saturated carbocycles. The molecule has 6 heteroatoms. The van der Waals surface area contributed by atoms with Crippen LogP contribution in [0, 0.1) is 0 Å². The molecule has 0 bridgehead atoms. The van der Waals surface area contributed by atoms with E-state index in [9.17, 15) is 4.79 Å². The maximum atomic E-state index is 11.6. The minimum Gasteiger partial charge on any atom is -0.360 e. The second-order valence-electron chi connectivity index (χ2n) is 4.67. The highest BCUT2D eigenvalue weighted by Gasteiger charge is 2.01. The van der Waals surface area contributed by atoms with Gasteiger partial charge in [0.05, 0.1) is 5.05 Å². The van der Waals surface area contributed by atoms with Gasteiger partial charge in [-0.15, -0.1) is 12.4 Å². The van der Waals surface area contributed by atoms with E-state index in [1.807, 2.05) is 12.1 Å². The van der Waals surface area contributed by atoms with E-state index in [0.717, 1.165) is 35.5 Å². The number of thiol groups is 1. The third-order valence-electron chi connectivity index (χ3n) is 2.86. The third kappa shape index (κ3) is 9.63. The number of nitrogens with one attached hydrogen (secondary N) is 1. The van der Waals surface area contributed by atoms with Crippen molar-refractivity contribution >= 4 is 34.7 Å². The number of nitrogens with two attached hydrogens (primary N) is 1. The summed E-state index contributed by atoms with van der Waals surface area (Å²) in [6.07, 6.45) is 2.07. The number of carbonyl (C=O) groups is 1. The van der Waals surface area contributed by atoms with Crippen molar-refractivity contribution in [3.63, 3.8) is 0 Å². The molecule has 0 aliphatic rings. The Labute approximate surface area is 136 Å². The highest BCUT2D eigenvalue weighted by molar-refractivity contribution is 7.97. The first-order chi connectivity index (χ1) is 9.61. The van der Waals surface area contributed by atoms with Gasteiger partial charge in [0.1, 0.15) is 0 Å². The van der Waals surface area contributed by atoms with Gasteiger partial charge in [-0.05, 0) is 37.4 Å². The molecule has 4 nitrogen and oxygen atoms in total. The second kappa shape index (κ2) is 11.7. The van der Waals surface area contributed by atoms with Crippen LogP contribution in [-0.2, 0) is 17.0 Å². The van der Waals surface area contributed by atoms with Gasteiger partial charge in [-0.3, -0.25) is 4.79 Å². The van der Waals surface area contributed by atoms with E-state index in [-0.39, 0.29) is 18.3 Å². The van der Waals surface area contributed by atoms with Crippen LogP contribution in [0.15, 0.2) is 24.3 Å². The number of aliphatic hydroxyl groups is 1. The molecule has 0 spiro atoms. The second-order valence-corrected chi connectivity index (χ2v) is 5.95. The van der Waals surface area contributed by atoms with Crippen molar-refractivity contribution in [3.8, 4) is 0 Å². The summed E-state index contributed by atoms with van der Waals surface area (Å²) in [4.78, 5) is 11.6. The number of benzene rings is 1. The standard InChI is InChI=1S/C15H24N2O2S.ClH/c1-12(18)20-11-14-5-3-13(4-6-14)7-8-15(19)17-10-2-9-16;/h3-6,18,20H,2,7-11,16H2,1H3,(H,17,19);1H. The zero-order valence-corrected chi connectivity index (χ0v) is 14.1. The first-order valence-electron chi connectivity index (χ1n) is 6.86. The Morgan fingerprint density at radius 1 is 1.29 bits per heavy atom. The molecule has 0 aromatic heterocycles. The molecule has 1 aromatic carbocycles. The fourth-order valence-electron chi connectivity index (χ4n) is 1.69. The zero-order chi connectivity index (χ0) is 14.8. The number of aliphatic hydroxyl groups excluding tert-OH is 1. The van der Waals surface area contributed by atoms with Crippen LogP contribution in [0.3, 0.4) is 0 Å². The van der Waals surface area contributed by atoms with Crippen molar-refractivity contribution in [1.82, 2.24) is 5.32 Å². The van der Waals surface area contributed by atoms with Crippen molar-refractivity contribution in [1.29, 1.82) is 0 Å². The molecule has 0 atom stereocenters. The molecule has 0 unspecified atom stereocenters. The zero-order valence-electron chi connectivity index (χ0n) is 12.3. The molecule has 1 rings (SSSR count). The summed E-state index contributed by atoms with van der Waals surface area (Å²) in [6, 6.07) is 8.20. The van der Waals surface area contributed by atoms with Gasteiger partial charge in [0, 0.05) is 18.7 Å². The summed E-state index contributed by atoms with van der Waals surface area (Å²) in [7, 11) is 0. The van der Waals surface area contributed by atoms with Crippen LogP contribution in [-0.4, -0.2) is 29.2 Å². The first kappa shape index (κ1) is 20.1. The Balaban J connectivity index is 0.00000400. The highest BCUT2D eigenvalue weighted by Crippen LogP contribution is 2.10. The molecule has 0 heterocycles. The number of amides is 1. The van der Waals surface area contributed by atoms with Gasteiger partial charge in [-0.2, -0.15) is 11.4 Å². The Bertz CT molecular complexity index is 445. The molecule has 21 heavy (non-hydrogen) atoms. The molecular formula is C15H25ClN2O2S. The number of hydrogen-bond donors (Lipinski definition) is 4. The summed E-state index contributed by atoms with van der Waals surface area (Å²) in [5.74, 6) is 0.897. The topological polar surface area (TPSA) is 75.3 Å². The van der Waals surface area contributed by atoms with Gasteiger partial charge in [0.15, 0.2) is 0 Å². The van der Waals surface area contributed by atoms with Crippen molar-refractivity contribution in [2.24, 2.45) is 5.73 Å². The minimum atomic E-state index is 0. The number of carbonyl (C=O) groups excluding carboxylic acids is 1. The quantitative estimate of drug-likeness (QED) is 0.335. The maximum absolute atomic E-state index is 11.6. The molecule has 0 aliphatic carbocycles. The van der Waals surface area contributed by atoms with E-state index in [2.05, 4.69) is 17.4 Å². The predicted molar refractivity (Wildman–Crippen MR) is 94.7 cm³/mol. The highest BCUT2D eigenvalue weighted by atomic mass is 35.5. The molecule has 0 fully saturated rings. The SMILES string of the molecule is CC(O)=[SH]Cc1ccc(CCC(=O)NCCCN)cc1.Cl. The normalized spacial score (nSPS) is 11.3. The van der Waals surface area contributed by atoms with Crippen LogP contribution in [0.2, 0.25) is 0 Å². The number of rotatable bonds is 8. The fourth-order valence-corrected chi connectivity index (χ4v) is 2.32. The van der Waals surface area contributed by atoms with Crippen LogP contribution in [0.4, 0.5) is 0 Å². The van der Waals surface area contributed by atoms with Gasteiger partial charge >= 0.3 is 0 Å².